The van der Waals surface area contributed by atoms with Gasteiger partial charge >= 0.3 is 0 Å². The van der Waals surface area contributed by atoms with Crippen molar-refractivity contribution in [2.24, 2.45) is 5.92 Å². The second kappa shape index (κ2) is 10.4. The zero-order valence-corrected chi connectivity index (χ0v) is 17.7. The van der Waals surface area contributed by atoms with Crippen molar-refractivity contribution in [3.05, 3.63) is 64.5 Å². The minimum absolute atomic E-state index is 0.203. The first kappa shape index (κ1) is 21.3. The molecule has 1 aromatic heterocycles. The highest BCUT2D eigenvalue weighted by Gasteiger charge is 2.19. The van der Waals surface area contributed by atoms with E-state index in [9.17, 15) is 4.79 Å². The van der Waals surface area contributed by atoms with Gasteiger partial charge < -0.3 is 0 Å². The van der Waals surface area contributed by atoms with Crippen LogP contribution >= 0.6 is 0 Å². The summed E-state index contributed by atoms with van der Waals surface area (Å²) in [6, 6.07) is 12.4. The molecule has 0 aliphatic carbocycles. The molecule has 0 saturated carbocycles. The second-order valence-corrected chi connectivity index (χ2v) is 8.09. The first-order valence-electron chi connectivity index (χ1n) is 10.5. The Morgan fingerprint density at radius 1 is 1.07 bits per heavy atom. The van der Waals surface area contributed by atoms with Crippen molar-refractivity contribution in [1.29, 1.82) is 0 Å². The summed E-state index contributed by atoms with van der Waals surface area (Å²) >= 11 is 0. The fourth-order valence-corrected chi connectivity index (χ4v) is 3.53. The minimum Gasteiger partial charge on any atom is -0.294 e. The van der Waals surface area contributed by atoms with Crippen molar-refractivity contribution in [3.8, 4) is 0 Å². The van der Waals surface area contributed by atoms with Gasteiger partial charge in [-0.05, 0) is 50.3 Å². The standard InChI is InChI=1S/C25H35NO/c1-6-8-9-23(17-25(27)22-12-10-19(4)11-13-22)24-16-21(14-18(3)7-2)15-20(5)26-24/h10-13,15-16,18,23H,6-9,14,17H2,1-5H3. The molecule has 0 N–H and O–H groups in total. The Balaban J connectivity index is 2.24. The number of aromatic nitrogens is 1. The van der Waals surface area contributed by atoms with Crippen LogP contribution in [-0.2, 0) is 6.42 Å². The maximum atomic E-state index is 12.9. The van der Waals surface area contributed by atoms with E-state index >= 15 is 0 Å². The van der Waals surface area contributed by atoms with Crippen molar-refractivity contribution < 1.29 is 4.79 Å². The van der Waals surface area contributed by atoms with Crippen LogP contribution in [0.1, 0.15) is 91.7 Å². The number of carbonyl (C=O) groups is 1. The van der Waals surface area contributed by atoms with E-state index in [1.807, 2.05) is 31.2 Å². The third kappa shape index (κ3) is 6.61. The monoisotopic (exact) mass is 365 g/mol. The smallest absolute Gasteiger partial charge is 0.163 e. The van der Waals surface area contributed by atoms with Crippen molar-refractivity contribution in [1.82, 2.24) is 4.98 Å². The van der Waals surface area contributed by atoms with Gasteiger partial charge in [-0.3, -0.25) is 9.78 Å². The largest absolute Gasteiger partial charge is 0.294 e. The SMILES string of the molecule is CCCCC(CC(=O)c1ccc(C)cc1)c1cc(CC(C)CC)cc(C)n1. The number of carbonyl (C=O) groups excluding carboxylic acids is 1. The Bertz CT molecular complexity index is 732. The van der Waals surface area contributed by atoms with E-state index in [0.29, 0.717) is 12.3 Å². The molecule has 0 bridgehead atoms. The van der Waals surface area contributed by atoms with Crippen molar-refractivity contribution in [3.63, 3.8) is 0 Å². The summed E-state index contributed by atoms with van der Waals surface area (Å²) in [4.78, 5) is 17.7. The van der Waals surface area contributed by atoms with Crippen molar-refractivity contribution in [2.45, 2.75) is 79.1 Å². The summed E-state index contributed by atoms with van der Waals surface area (Å²) in [5, 5.41) is 0. The number of unbranched alkanes of at least 4 members (excludes halogenated alkanes) is 1. The Kier molecular flexibility index (Phi) is 8.22. The molecule has 0 amide bonds. The number of pyridine rings is 1. The molecule has 27 heavy (non-hydrogen) atoms. The van der Waals surface area contributed by atoms with E-state index < -0.39 is 0 Å². The highest BCUT2D eigenvalue weighted by Crippen LogP contribution is 2.28. The molecule has 0 radical (unpaired) electrons. The first-order valence-corrected chi connectivity index (χ1v) is 10.5. The average Bonchev–Trinajstić information content (AvgIpc) is 2.64. The van der Waals surface area contributed by atoms with Gasteiger partial charge in [-0.1, -0.05) is 69.9 Å². The lowest BCUT2D eigenvalue weighted by atomic mass is 9.88. The summed E-state index contributed by atoms with van der Waals surface area (Å²) in [7, 11) is 0. The molecule has 2 rings (SSSR count). The molecule has 0 spiro atoms. The Morgan fingerprint density at radius 2 is 1.78 bits per heavy atom. The van der Waals surface area contributed by atoms with E-state index in [-0.39, 0.29) is 11.7 Å². The predicted molar refractivity (Wildman–Crippen MR) is 115 cm³/mol. The Hall–Kier alpha value is -1.96. The number of ketones is 1. The molecule has 2 unspecified atom stereocenters. The number of benzene rings is 1. The molecular weight excluding hydrogens is 330 g/mol. The molecular formula is C25H35NO. The number of hydrogen-bond acceptors (Lipinski definition) is 2. The van der Waals surface area contributed by atoms with Crippen LogP contribution in [0.3, 0.4) is 0 Å². The fourth-order valence-electron chi connectivity index (χ4n) is 3.53. The first-order chi connectivity index (χ1) is 12.9. The van der Waals surface area contributed by atoms with E-state index in [4.69, 9.17) is 4.98 Å². The van der Waals surface area contributed by atoms with Gasteiger partial charge in [0.25, 0.3) is 0 Å². The summed E-state index contributed by atoms with van der Waals surface area (Å²) in [6.45, 7) is 10.9. The lowest BCUT2D eigenvalue weighted by Gasteiger charge is -2.18. The molecule has 0 fully saturated rings. The van der Waals surface area contributed by atoms with Crippen LogP contribution in [0, 0.1) is 19.8 Å². The number of rotatable bonds is 10. The van der Waals surface area contributed by atoms with Gasteiger partial charge in [0.1, 0.15) is 0 Å². The zero-order chi connectivity index (χ0) is 19.8. The number of nitrogens with zero attached hydrogens (tertiary/aromatic N) is 1. The average molecular weight is 366 g/mol. The third-order valence-electron chi connectivity index (χ3n) is 5.44. The molecule has 2 atom stereocenters. The van der Waals surface area contributed by atoms with Gasteiger partial charge in [0, 0.05) is 29.3 Å². The van der Waals surface area contributed by atoms with E-state index in [2.05, 4.69) is 39.8 Å². The van der Waals surface area contributed by atoms with Crippen LogP contribution in [0.4, 0.5) is 0 Å². The predicted octanol–water partition coefficient (Wildman–Crippen LogP) is 6.83. The van der Waals surface area contributed by atoms with Crippen LogP contribution < -0.4 is 0 Å². The van der Waals surface area contributed by atoms with Crippen LogP contribution in [0.15, 0.2) is 36.4 Å². The van der Waals surface area contributed by atoms with Gasteiger partial charge in [-0.15, -0.1) is 0 Å². The molecule has 1 aromatic carbocycles. The lowest BCUT2D eigenvalue weighted by Crippen LogP contribution is -2.11. The normalized spacial score (nSPS) is 13.4. The summed E-state index contributed by atoms with van der Waals surface area (Å²) in [6.07, 6.45) is 6.10. The zero-order valence-electron chi connectivity index (χ0n) is 17.7. The fraction of sp³-hybridized carbons (Fsp3) is 0.520. The number of Topliss-reactive ketones (excluding diaryl/α,β-unsaturated/α-hetero) is 1. The van der Waals surface area contributed by atoms with Gasteiger partial charge in [-0.2, -0.15) is 0 Å². The topological polar surface area (TPSA) is 30.0 Å². The molecule has 2 nitrogen and oxygen atoms in total. The maximum Gasteiger partial charge on any atom is 0.163 e. The molecule has 0 saturated heterocycles. The van der Waals surface area contributed by atoms with Gasteiger partial charge in [0.05, 0.1) is 0 Å². The summed E-state index contributed by atoms with van der Waals surface area (Å²) < 4.78 is 0. The van der Waals surface area contributed by atoms with Crippen LogP contribution in [0.2, 0.25) is 0 Å². The van der Waals surface area contributed by atoms with Gasteiger partial charge in [-0.25, -0.2) is 0 Å². The Morgan fingerprint density at radius 3 is 2.41 bits per heavy atom. The number of hydrogen-bond donors (Lipinski definition) is 0. The molecule has 2 aromatic rings. The molecule has 0 aliphatic heterocycles. The maximum absolute atomic E-state index is 12.9. The van der Waals surface area contributed by atoms with Crippen molar-refractivity contribution in [2.75, 3.05) is 0 Å². The quantitative estimate of drug-likeness (QED) is 0.432. The van der Waals surface area contributed by atoms with E-state index in [0.717, 1.165) is 42.6 Å². The highest BCUT2D eigenvalue weighted by atomic mass is 16.1. The van der Waals surface area contributed by atoms with E-state index in [1.165, 1.54) is 17.5 Å². The third-order valence-corrected chi connectivity index (χ3v) is 5.44. The van der Waals surface area contributed by atoms with Crippen LogP contribution in [0.25, 0.3) is 0 Å². The lowest BCUT2D eigenvalue weighted by molar-refractivity contribution is 0.0971. The number of aryl methyl sites for hydroxylation is 2. The summed E-state index contributed by atoms with van der Waals surface area (Å²) in [5.74, 6) is 1.10. The van der Waals surface area contributed by atoms with Gasteiger partial charge in [0.15, 0.2) is 5.78 Å². The Labute approximate surface area is 165 Å². The minimum atomic E-state index is 0.203. The highest BCUT2D eigenvalue weighted by molar-refractivity contribution is 5.96. The van der Waals surface area contributed by atoms with E-state index in [1.54, 1.807) is 0 Å². The molecule has 2 heteroatoms. The second-order valence-electron chi connectivity index (χ2n) is 8.09. The molecule has 1 heterocycles. The van der Waals surface area contributed by atoms with Crippen molar-refractivity contribution >= 4 is 5.78 Å². The van der Waals surface area contributed by atoms with Crippen LogP contribution in [-0.4, -0.2) is 10.8 Å². The van der Waals surface area contributed by atoms with Gasteiger partial charge in [0.2, 0.25) is 0 Å². The van der Waals surface area contributed by atoms with Crippen LogP contribution in [0.5, 0.6) is 0 Å². The molecule has 146 valence electrons. The molecule has 0 aliphatic rings. The summed E-state index contributed by atoms with van der Waals surface area (Å²) in [5.41, 5.74) is 5.52.